The minimum absolute atomic E-state index is 0.212. The van der Waals surface area contributed by atoms with Gasteiger partial charge in [0, 0.05) is 12.0 Å². The quantitative estimate of drug-likeness (QED) is 0.271. The summed E-state index contributed by atoms with van der Waals surface area (Å²) in [6, 6.07) is 7.44. The molecule has 4 nitrogen and oxygen atoms in total. The van der Waals surface area contributed by atoms with E-state index in [4.69, 9.17) is 34.8 Å². The summed E-state index contributed by atoms with van der Waals surface area (Å²) in [4.78, 5) is 25.2. The number of nitrogens with one attached hydrogen (secondary N) is 2. The molecule has 1 saturated carbocycles. The van der Waals surface area contributed by atoms with Crippen LogP contribution in [0.3, 0.4) is 0 Å². The molecule has 2 amide bonds. The van der Waals surface area contributed by atoms with Gasteiger partial charge in [-0.15, -0.1) is 23.2 Å². The minimum Gasteiger partial charge on any atom is -0.323 e. The van der Waals surface area contributed by atoms with Crippen LogP contribution < -0.4 is 10.6 Å². The van der Waals surface area contributed by atoms with Crippen LogP contribution in [0, 0.1) is 35.0 Å². The zero-order chi connectivity index (χ0) is 25.7. The summed E-state index contributed by atoms with van der Waals surface area (Å²) in [5.41, 5.74) is -1.85. The van der Waals surface area contributed by atoms with E-state index >= 15 is 4.39 Å². The minimum atomic E-state index is -1.62. The molecule has 35 heavy (non-hydrogen) atoms. The highest BCUT2D eigenvalue weighted by atomic mass is 35.5. The van der Waals surface area contributed by atoms with E-state index in [1.807, 2.05) is 5.32 Å². The molecular formula is C23H12Cl3F5N2O2. The third kappa shape index (κ3) is 4.80. The highest BCUT2D eigenvalue weighted by molar-refractivity contribution is 6.53. The molecule has 0 radical (unpaired) electrons. The van der Waals surface area contributed by atoms with Gasteiger partial charge in [-0.05, 0) is 42.0 Å². The lowest BCUT2D eigenvalue weighted by molar-refractivity contribution is -0.117. The van der Waals surface area contributed by atoms with Crippen molar-refractivity contribution in [1.82, 2.24) is 0 Å². The van der Waals surface area contributed by atoms with Crippen molar-refractivity contribution in [2.45, 2.75) is 10.3 Å². The fourth-order valence-corrected chi connectivity index (χ4v) is 4.63. The van der Waals surface area contributed by atoms with E-state index in [-0.39, 0.29) is 5.02 Å². The number of halogens is 8. The molecule has 0 bridgehead atoms. The van der Waals surface area contributed by atoms with E-state index in [0.29, 0.717) is 17.7 Å². The normalized spacial score (nSPS) is 18.2. The number of amides is 2. The van der Waals surface area contributed by atoms with Crippen molar-refractivity contribution >= 4 is 58.0 Å². The molecule has 4 rings (SSSR count). The SMILES string of the molecule is O=C(Nc1ccc(F)cc1F)c1c(F)ccc(NC(=O)[C@H]2[C@H](c3ccc(F)c(Cl)c3)C2(Cl)Cl)c1F. The zero-order valence-electron chi connectivity index (χ0n) is 17.1. The van der Waals surface area contributed by atoms with Crippen LogP contribution >= 0.6 is 34.8 Å². The molecule has 2 atom stereocenters. The molecule has 1 aliphatic rings. The molecular weight excluding hydrogens is 538 g/mol. The van der Waals surface area contributed by atoms with Gasteiger partial charge in [-0.25, -0.2) is 22.0 Å². The molecule has 3 aromatic rings. The molecule has 1 aliphatic carbocycles. The molecule has 2 N–H and O–H groups in total. The number of hydrogen-bond acceptors (Lipinski definition) is 2. The van der Waals surface area contributed by atoms with Gasteiger partial charge in [-0.2, -0.15) is 0 Å². The smallest absolute Gasteiger partial charge is 0.261 e. The lowest BCUT2D eigenvalue weighted by atomic mass is 10.1. The molecule has 0 heterocycles. The van der Waals surface area contributed by atoms with Gasteiger partial charge in [-0.1, -0.05) is 17.7 Å². The monoisotopic (exact) mass is 548 g/mol. The zero-order valence-corrected chi connectivity index (χ0v) is 19.4. The van der Waals surface area contributed by atoms with E-state index in [9.17, 15) is 27.2 Å². The third-order valence-electron chi connectivity index (χ3n) is 5.39. The van der Waals surface area contributed by atoms with Crippen molar-refractivity contribution in [1.29, 1.82) is 0 Å². The van der Waals surface area contributed by atoms with Gasteiger partial charge in [0.1, 0.15) is 33.2 Å². The Hall–Kier alpha value is -2.88. The predicted molar refractivity (Wildman–Crippen MR) is 121 cm³/mol. The van der Waals surface area contributed by atoms with E-state index in [0.717, 1.165) is 24.3 Å². The molecule has 0 aliphatic heterocycles. The lowest BCUT2D eigenvalue weighted by Gasteiger charge is -2.12. The summed E-state index contributed by atoms with van der Waals surface area (Å²) in [5, 5.41) is 3.93. The Labute approximate surface area is 210 Å². The van der Waals surface area contributed by atoms with Crippen molar-refractivity contribution in [3.05, 3.63) is 93.8 Å². The Morgan fingerprint density at radius 2 is 1.46 bits per heavy atom. The molecule has 0 aromatic heterocycles. The van der Waals surface area contributed by atoms with E-state index in [1.54, 1.807) is 0 Å². The van der Waals surface area contributed by atoms with Crippen LogP contribution in [0.25, 0.3) is 0 Å². The Bertz CT molecular complexity index is 1370. The molecule has 12 heteroatoms. The Morgan fingerprint density at radius 1 is 0.800 bits per heavy atom. The van der Waals surface area contributed by atoms with Crippen LogP contribution in [0.5, 0.6) is 0 Å². The first-order chi connectivity index (χ1) is 16.4. The average Bonchev–Trinajstić information content (AvgIpc) is 3.36. The summed E-state index contributed by atoms with van der Waals surface area (Å²) >= 11 is 18.2. The van der Waals surface area contributed by atoms with Crippen molar-refractivity contribution in [3.63, 3.8) is 0 Å². The Morgan fingerprint density at radius 3 is 2.11 bits per heavy atom. The molecule has 1 fully saturated rings. The summed E-state index contributed by atoms with van der Waals surface area (Å²) in [5.74, 6) is -9.67. The standard InChI is InChI=1S/C23H12Cl3F5N2O2/c24-11-7-9(1-3-12(11)28)18-19(23(18,25)26)22(35)33-16-6-4-13(29)17(20(16)31)21(34)32-15-5-2-10(27)8-14(15)30/h1-8,18-19H,(H,32,34)(H,33,35)/t18-,19+/m0/s1. The first kappa shape index (κ1) is 25.2. The average molecular weight is 550 g/mol. The topological polar surface area (TPSA) is 58.2 Å². The predicted octanol–water partition coefficient (Wildman–Crippen LogP) is 6.81. The van der Waals surface area contributed by atoms with Crippen LogP contribution in [-0.2, 0) is 4.79 Å². The second-order valence-corrected chi connectivity index (χ2v) is 9.51. The van der Waals surface area contributed by atoms with E-state index in [1.165, 1.54) is 12.1 Å². The number of carbonyl (C=O) groups excluding carboxylic acids is 2. The summed E-state index contributed by atoms with van der Waals surface area (Å²) in [6.07, 6.45) is 0. The van der Waals surface area contributed by atoms with Gasteiger partial charge in [0.25, 0.3) is 5.91 Å². The van der Waals surface area contributed by atoms with Crippen molar-refractivity contribution in [3.8, 4) is 0 Å². The molecule has 182 valence electrons. The van der Waals surface area contributed by atoms with Gasteiger partial charge in [0.15, 0.2) is 5.82 Å². The molecule has 0 spiro atoms. The molecule has 0 saturated heterocycles. The summed E-state index contributed by atoms with van der Waals surface area (Å²) in [7, 11) is 0. The van der Waals surface area contributed by atoms with Crippen LogP contribution in [-0.4, -0.2) is 16.1 Å². The van der Waals surface area contributed by atoms with Gasteiger partial charge < -0.3 is 10.6 Å². The third-order valence-corrected chi connectivity index (χ3v) is 6.62. The summed E-state index contributed by atoms with van der Waals surface area (Å²) < 4.78 is 68.0. The Kier molecular flexibility index (Phi) is 6.70. The second-order valence-electron chi connectivity index (χ2n) is 7.65. The van der Waals surface area contributed by atoms with Gasteiger partial charge >= 0.3 is 0 Å². The van der Waals surface area contributed by atoms with Crippen LogP contribution in [0.1, 0.15) is 21.8 Å². The maximum Gasteiger partial charge on any atom is 0.261 e. The Balaban J connectivity index is 1.56. The number of hydrogen-bond donors (Lipinski definition) is 2. The van der Waals surface area contributed by atoms with E-state index in [2.05, 4.69) is 5.32 Å². The molecule has 0 unspecified atom stereocenters. The number of alkyl halides is 2. The number of benzene rings is 3. The molecule has 3 aromatic carbocycles. The fraction of sp³-hybridized carbons (Fsp3) is 0.130. The van der Waals surface area contributed by atoms with Gasteiger partial charge in [-0.3, -0.25) is 9.59 Å². The number of rotatable bonds is 5. The van der Waals surface area contributed by atoms with Crippen molar-refractivity contribution < 1.29 is 31.5 Å². The number of anilines is 2. The van der Waals surface area contributed by atoms with Crippen molar-refractivity contribution in [2.24, 2.45) is 5.92 Å². The maximum atomic E-state index is 15.0. The fourth-order valence-electron chi connectivity index (χ4n) is 3.62. The summed E-state index contributed by atoms with van der Waals surface area (Å²) in [6.45, 7) is 0. The first-order valence-electron chi connectivity index (χ1n) is 9.79. The second kappa shape index (κ2) is 9.29. The number of carbonyl (C=O) groups is 2. The van der Waals surface area contributed by atoms with Crippen LogP contribution in [0.4, 0.5) is 33.3 Å². The highest BCUT2D eigenvalue weighted by Crippen LogP contribution is 2.65. The highest BCUT2D eigenvalue weighted by Gasteiger charge is 2.67. The van der Waals surface area contributed by atoms with Crippen LogP contribution in [0.15, 0.2) is 48.5 Å². The maximum absolute atomic E-state index is 15.0. The van der Waals surface area contributed by atoms with E-state index < -0.39 is 74.0 Å². The van der Waals surface area contributed by atoms with Crippen molar-refractivity contribution in [2.75, 3.05) is 10.6 Å². The van der Waals surface area contributed by atoms with Gasteiger partial charge in [0.05, 0.1) is 22.3 Å². The first-order valence-corrected chi connectivity index (χ1v) is 10.9. The van der Waals surface area contributed by atoms with Crippen LogP contribution in [0.2, 0.25) is 5.02 Å². The van der Waals surface area contributed by atoms with Gasteiger partial charge in [0.2, 0.25) is 5.91 Å². The lowest BCUT2D eigenvalue weighted by Crippen LogP contribution is -2.21. The largest absolute Gasteiger partial charge is 0.323 e.